The summed E-state index contributed by atoms with van der Waals surface area (Å²) in [5.74, 6) is -0.304. The topological polar surface area (TPSA) is 93.7 Å². The van der Waals surface area contributed by atoms with Gasteiger partial charge in [0.1, 0.15) is 11.8 Å². The standard InChI is InChI=1S/C18H26N2O5/c1-12(2)16(18(23)25-4)20-15(21)6-5-11-19-17(22)13-7-9-14(24-3)10-8-13/h7-10,12,16H,5-6,11H2,1-4H3,(H,19,22)(H,20,21)/t16-/m0/s1. The number of methoxy groups -OCH3 is 2. The average Bonchev–Trinajstić information content (AvgIpc) is 2.62. The van der Waals surface area contributed by atoms with Crippen LogP contribution in [0.25, 0.3) is 0 Å². The fraction of sp³-hybridized carbons (Fsp3) is 0.500. The van der Waals surface area contributed by atoms with Crippen LogP contribution in [0.3, 0.4) is 0 Å². The molecule has 1 atom stereocenters. The Morgan fingerprint density at radius 2 is 1.72 bits per heavy atom. The Labute approximate surface area is 148 Å². The number of esters is 1. The number of nitrogens with one attached hydrogen (secondary N) is 2. The Hall–Kier alpha value is -2.57. The minimum absolute atomic E-state index is 0.0637. The molecule has 0 bridgehead atoms. The van der Waals surface area contributed by atoms with Crippen molar-refractivity contribution in [2.45, 2.75) is 32.7 Å². The molecule has 0 saturated heterocycles. The number of carbonyl (C=O) groups is 3. The molecule has 25 heavy (non-hydrogen) atoms. The predicted molar refractivity (Wildman–Crippen MR) is 93.3 cm³/mol. The van der Waals surface area contributed by atoms with Crippen molar-refractivity contribution in [3.63, 3.8) is 0 Å². The summed E-state index contributed by atoms with van der Waals surface area (Å²) in [6.07, 6.45) is 0.683. The van der Waals surface area contributed by atoms with Crippen LogP contribution in [0.2, 0.25) is 0 Å². The van der Waals surface area contributed by atoms with E-state index < -0.39 is 12.0 Å². The van der Waals surface area contributed by atoms with Gasteiger partial charge < -0.3 is 20.1 Å². The van der Waals surface area contributed by atoms with Gasteiger partial charge in [0.2, 0.25) is 5.91 Å². The Morgan fingerprint density at radius 3 is 2.24 bits per heavy atom. The number of ether oxygens (including phenoxy) is 2. The van der Waals surface area contributed by atoms with Gasteiger partial charge in [0, 0.05) is 18.5 Å². The van der Waals surface area contributed by atoms with E-state index in [4.69, 9.17) is 4.74 Å². The van der Waals surface area contributed by atoms with Gasteiger partial charge in [0.15, 0.2) is 0 Å². The first-order valence-electron chi connectivity index (χ1n) is 8.18. The van der Waals surface area contributed by atoms with Crippen LogP contribution in [0.15, 0.2) is 24.3 Å². The lowest BCUT2D eigenvalue weighted by Gasteiger charge is -2.19. The van der Waals surface area contributed by atoms with E-state index >= 15 is 0 Å². The van der Waals surface area contributed by atoms with Gasteiger partial charge in [-0.2, -0.15) is 0 Å². The zero-order chi connectivity index (χ0) is 18.8. The molecule has 138 valence electrons. The van der Waals surface area contributed by atoms with Gasteiger partial charge >= 0.3 is 5.97 Å². The highest BCUT2D eigenvalue weighted by Gasteiger charge is 2.24. The van der Waals surface area contributed by atoms with E-state index in [-0.39, 0.29) is 24.2 Å². The quantitative estimate of drug-likeness (QED) is 0.520. The van der Waals surface area contributed by atoms with E-state index in [0.717, 1.165) is 0 Å². The molecule has 2 N–H and O–H groups in total. The number of hydrogen-bond donors (Lipinski definition) is 2. The van der Waals surface area contributed by atoms with E-state index in [0.29, 0.717) is 24.3 Å². The van der Waals surface area contributed by atoms with Crippen molar-refractivity contribution in [2.24, 2.45) is 5.92 Å². The van der Waals surface area contributed by atoms with Crippen LogP contribution < -0.4 is 15.4 Å². The van der Waals surface area contributed by atoms with Crippen molar-refractivity contribution >= 4 is 17.8 Å². The second-order valence-corrected chi connectivity index (χ2v) is 5.90. The molecule has 1 aromatic carbocycles. The number of rotatable bonds is 9. The molecule has 0 unspecified atom stereocenters. The second-order valence-electron chi connectivity index (χ2n) is 5.90. The maximum absolute atomic E-state index is 12.0. The summed E-state index contributed by atoms with van der Waals surface area (Å²) in [5.41, 5.74) is 0.524. The normalized spacial score (nSPS) is 11.6. The first-order valence-corrected chi connectivity index (χ1v) is 8.18. The molecule has 0 fully saturated rings. The summed E-state index contributed by atoms with van der Waals surface area (Å²) >= 11 is 0. The minimum atomic E-state index is -0.661. The predicted octanol–water partition coefficient (Wildman–Crippen LogP) is 1.52. The van der Waals surface area contributed by atoms with Crippen LogP contribution in [0, 0.1) is 5.92 Å². The molecule has 0 aliphatic carbocycles. The molecule has 7 nitrogen and oxygen atoms in total. The Bertz CT molecular complexity index is 584. The van der Waals surface area contributed by atoms with Gasteiger partial charge in [-0.1, -0.05) is 13.8 Å². The van der Waals surface area contributed by atoms with Crippen LogP contribution in [0.1, 0.15) is 37.0 Å². The van der Waals surface area contributed by atoms with E-state index in [1.807, 2.05) is 13.8 Å². The van der Waals surface area contributed by atoms with Gasteiger partial charge in [-0.05, 0) is 36.6 Å². The molecule has 0 spiro atoms. The monoisotopic (exact) mass is 350 g/mol. The molecule has 2 amide bonds. The summed E-state index contributed by atoms with van der Waals surface area (Å²) in [6.45, 7) is 4.02. The molecule has 0 aliphatic rings. The third-order valence-corrected chi connectivity index (χ3v) is 3.66. The smallest absolute Gasteiger partial charge is 0.328 e. The molecule has 0 aliphatic heterocycles. The lowest BCUT2D eigenvalue weighted by atomic mass is 10.0. The summed E-state index contributed by atoms with van der Waals surface area (Å²) in [5, 5.41) is 5.41. The fourth-order valence-electron chi connectivity index (χ4n) is 2.17. The molecule has 1 rings (SSSR count). The van der Waals surface area contributed by atoms with E-state index in [1.54, 1.807) is 31.4 Å². The lowest BCUT2D eigenvalue weighted by molar-refractivity contribution is -0.146. The van der Waals surface area contributed by atoms with Crippen molar-refractivity contribution in [1.29, 1.82) is 0 Å². The molecule has 0 saturated carbocycles. The number of carbonyl (C=O) groups excluding carboxylic acids is 3. The van der Waals surface area contributed by atoms with E-state index in [9.17, 15) is 14.4 Å². The zero-order valence-corrected chi connectivity index (χ0v) is 15.1. The van der Waals surface area contributed by atoms with Crippen LogP contribution >= 0.6 is 0 Å². The van der Waals surface area contributed by atoms with Gasteiger partial charge in [-0.3, -0.25) is 9.59 Å². The SMILES string of the molecule is COC(=O)[C@@H](NC(=O)CCCNC(=O)c1ccc(OC)cc1)C(C)C. The molecule has 7 heteroatoms. The highest BCUT2D eigenvalue weighted by Crippen LogP contribution is 2.11. The third-order valence-electron chi connectivity index (χ3n) is 3.66. The maximum atomic E-state index is 12.0. The maximum Gasteiger partial charge on any atom is 0.328 e. The van der Waals surface area contributed by atoms with E-state index in [1.165, 1.54) is 7.11 Å². The number of amides is 2. The third kappa shape index (κ3) is 6.82. The number of hydrogen-bond acceptors (Lipinski definition) is 5. The highest BCUT2D eigenvalue weighted by molar-refractivity contribution is 5.94. The number of benzene rings is 1. The minimum Gasteiger partial charge on any atom is -0.497 e. The first-order chi connectivity index (χ1) is 11.9. The Balaban J connectivity index is 2.35. The van der Waals surface area contributed by atoms with Crippen molar-refractivity contribution in [2.75, 3.05) is 20.8 Å². The molecular weight excluding hydrogens is 324 g/mol. The molecular formula is C18H26N2O5. The zero-order valence-electron chi connectivity index (χ0n) is 15.1. The van der Waals surface area contributed by atoms with Gasteiger partial charge in [-0.15, -0.1) is 0 Å². The molecule has 0 heterocycles. The van der Waals surface area contributed by atoms with Crippen LogP contribution in [-0.4, -0.2) is 44.6 Å². The first kappa shape index (κ1) is 20.5. The van der Waals surface area contributed by atoms with Crippen LogP contribution in [0.4, 0.5) is 0 Å². The lowest BCUT2D eigenvalue weighted by Crippen LogP contribution is -2.45. The van der Waals surface area contributed by atoms with Crippen molar-refractivity contribution in [3.05, 3.63) is 29.8 Å². The highest BCUT2D eigenvalue weighted by atomic mass is 16.5. The Kier molecular flexibility index (Phi) is 8.46. The van der Waals surface area contributed by atoms with Crippen LogP contribution in [0.5, 0.6) is 5.75 Å². The molecule has 1 aromatic rings. The second kappa shape index (κ2) is 10.3. The fourth-order valence-corrected chi connectivity index (χ4v) is 2.17. The van der Waals surface area contributed by atoms with Crippen molar-refractivity contribution in [1.82, 2.24) is 10.6 Å². The van der Waals surface area contributed by atoms with Gasteiger partial charge in [0.25, 0.3) is 5.91 Å². The largest absolute Gasteiger partial charge is 0.497 e. The van der Waals surface area contributed by atoms with E-state index in [2.05, 4.69) is 15.4 Å². The molecule has 0 aromatic heterocycles. The summed E-state index contributed by atoms with van der Waals surface area (Å²) in [7, 11) is 2.85. The average molecular weight is 350 g/mol. The van der Waals surface area contributed by atoms with Gasteiger partial charge in [-0.25, -0.2) is 4.79 Å². The molecule has 0 radical (unpaired) electrons. The Morgan fingerprint density at radius 1 is 1.08 bits per heavy atom. The van der Waals surface area contributed by atoms with Gasteiger partial charge in [0.05, 0.1) is 14.2 Å². The summed E-state index contributed by atoms with van der Waals surface area (Å²) in [4.78, 5) is 35.5. The summed E-state index contributed by atoms with van der Waals surface area (Å²) < 4.78 is 9.72. The van der Waals surface area contributed by atoms with Crippen molar-refractivity contribution < 1.29 is 23.9 Å². The van der Waals surface area contributed by atoms with Crippen molar-refractivity contribution in [3.8, 4) is 5.75 Å². The summed E-state index contributed by atoms with van der Waals surface area (Å²) in [6, 6.07) is 6.10. The van der Waals surface area contributed by atoms with Crippen LogP contribution in [-0.2, 0) is 14.3 Å².